The minimum Gasteiger partial charge on any atom is -0.398 e. The lowest BCUT2D eigenvalue weighted by Crippen LogP contribution is -2.16. The molecule has 0 unspecified atom stereocenters. The molecule has 2 rings (SSSR count). The minimum absolute atomic E-state index is 0.0705. The van der Waals surface area contributed by atoms with E-state index in [0.29, 0.717) is 11.4 Å². The summed E-state index contributed by atoms with van der Waals surface area (Å²) in [6.07, 6.45) is 0. The van der Waals surface area contributed by atoms with Gasteiger partial charge in [-0.2, -0.15) is 5.10 Å². The summed E-state index contributed by atoms with van der Waals surface area (Å²) in [6.45, 7) is 7.60. The van der Waals surface area contributed by atoms with Crippen LogP contribution in [0.25, 0.3) is 0 Å². The van der Waals surface area contributed by atoms with Gasteiger partial charge in [0.25, 0.3) is 10.0 Å². The Hall–Kier alpha value is -2.02. The Morgan fingerprint density at radius 3 is 2.38 bits per heavy atom. The van der Waals surface area contributed by atoms with Gasteiger partial charge >= 0.3 is 0 Å². The molecule has 0 aliphatic heterocycles. The Morgan fingerprint density at radius 1 is 1.24 bits per heavy atom. The fourth-order valence-corrected chi connectivity index (χ4v) is 3.54. The van der Waals surface area contributed by atoms with Gasteiger partial charge in [0.2, 0.25) is 0 Å². The number of sulfonamides is 1. The van der Waals surface area contributed by atoms with E-state index in [-0.39, 0.29) is 16.6 Å². The first-order valence-electron chi connectivity index (χ1n) is 6.67. The number of para-hydroxylation sites is 1. The molecule has 0 saturated heterocycles. The van der Waals surface area contributed by atoms with E-state index in [9.17, 15) is 8.42 Å². The zero-order valence-corrected chi connectivity index (χ0v) is 13.4. The van der Waals surface area contributed by atoms with Crippen LogP contribution in [0.5, 0.6) is 0 Å². The molecule has 6 nitrogen and oxygen atoms in total. The number of hydrogen-bond acceptors (Lipinski definition) is 4. The Kier molecular flexibility index (Phi) is 3.95. The fraction of sp³-hybridized carbons (Fsp3) is 0.357. The van der Waals surface area contributed by atoms with Crippen molar-refractivity contribution in [3.63, 3.8) is 0 Å². The first-order valence-corrected chi connectivity index (χ1v) is 8.15. The SMILES string of the molecule is Cc1nn(C(C)C)c(C)c1NS(=O)(=O)c1ccccc1N. The van der Waals surface area contributed by atoms with Gasteiger partial charge in [-0.1, -0.05) is 12.1 Å². The number of hydrogen-bond donors (Lipinski definition) is 2. The van der Waals surface area contributed by atoms with E-state index < -0.39 is 10.0 Å². The Bertz CT molecular complexity index is 763. The van der Waals surface area contributed by atoms with Gasteiger partial charge < -0.3 is 5.73 Å². The lowest BCUT2D eigenvalue weighted by atomic mass is 10.3. The van der Waals surface area contributed by atoms with Crippen molar-refractivity contribution in [2.75, 3.05) is 10.5 Å². The number of aryl methyl sites for hydroxylation is 1. The van der Waals surface area contributed by atoms with Crippen LogP contribution in [0.1, 0.15) is 31.3 Å². The molecule has 1 aromatic carbocycles. The molecule has 0 aliphatic carbocycles. The number of benzene rings is 1. The highest BCUT2D eigenvalue weighted by Gasteiger charge is 2.22. The molecule has 0 bridgehead atoms. The van der Waals surface area contributed by atoms with Crippen molar-refractivity contribution in [3.05, 3.63) is 35.7 Å². The first-order chi connectivity index (χ1) is 9.74. The maximum atomic E-state index is 12.5. The minimum atomic E-state index is -3.73. The molecule has 21 heavy (non-hydrogen) atoms. The second-order valence-electron chi connectivity index (χ2n) is 5.23. The molecule has 0 aliphatic rings. The molecule has 3 N–H and O–H groups in total. The molecule has 0 spiro atoms. The summed E-state index contributed by atoms with van der Waals surface area (Å²) in [5.74, 6) is 0. The number of rotatable bonds is 4. The van der Waals surface area contributed by atoms with Crippen LogP contribution in [0.4, 0.5) is 11.4 Å². The Labute approximate surface area is 125 Å². The predicted molar refractivity (Wildman–Crippen MR) is 83.7 cm³/mol. The molecular weight excluding hydrogens is 288 g/mol. The topological polar surface area (TPSA) is 90.0 Å². The highest BCUT2D eigenvalue weighted by molar-refractivity contribution is 7.92. The van der Waals surface area contributed by atoms with Gasteiger partial charge in [-0.25, -0.2) is 8.42 Å². The normalized spacial score (nSPS) is 11.9. The third-order valence-electron chi connectivity index (χ3n) is 3.26. The second-order valence-corrected chi connectivity index (χ2v) is 6.88. The highest BCUT2D eigenvalue weighted by Crippen LogP contribution is 2.27. The van der Waals surface area contributed by atoms with Gasteiger partial charge in [0.15, 0.2) is 0 Å². The lowest BCUT2D eigenvalue weighted by Gasteiger charge is -2.11. The molecular formula is C14H20N4O2S. The van der Waals surface area contributed by atoms with Gasteiger partial charge in [-0.3, -0.25) is 9.40 Å². The third-order valence-corrected chi connectivity index (χ3v) is 4.68. The van der Waals surface area contributed by atoms with Crippen molar-refractivity contribution in [1.29, 1.82) is 0 Å². The Balaban J connectivity index is 2.45. The summed E-state index contributed by atoms with van der Waals surface area (Å²) in [4.78, 5) is 0.0705. The molecule has 2 aromatic rings. The molecule has 0 fully saturated rings. The highest BCUT2D eigenvalue weighted by atomic mass is 32.2. The molecule has 0 amide bonds. The number of anilines is 2. The maximum Gasteiger partial charge on any atom is 0.264 e. The Morgan fingerprint density at radius 2 is 1.86 bits per heavy atom. The van der Waals surface area contributed by atoms with Crippen molar-refractivity contribution < 1.29 is 8.42 Å². The van der Waals surface area contributed by atoms with E-state index in [2.05, 4.69) is 9.82 Å². The largest absolute Gasteiger partial charge is 0.398 e. The van der Waals surface area contributed by atoms with Crippen LogP contribution in [0, 0.1) is 13.8 Å². The molecule has 1 aromatic heterocycles. The van der Waals surface area contributed by atoms with E-state index in [4.69, 9.17) is 5.73 Å². The number of nitrogens with zero attached hydrogens (tertiary/aromatic N) is 2. The summed E-state index contributed by atoms with van der Waals surface area (Å²) in [6, 6.07) is 6.54. The third kappa shape index (κ3) is 2.87. The zero-order chi connectivity index (χ0) is 15.8. The zero-order valence-electron chi connectivity index (χ0n) is 12.6. The van der Waals surface area contributed by atoms with Crippen LogP contribution in [0.3, 0.4) is 0 Å². The number of aromatic nitrogens is 2. The summed E-state index contributed by atoms with van der Waals surface area (Å²) in [5.41, 5.74) is 7.89. The van der Waals surface area contributed by atoms with Crippen LogP contribution in [0.15, 0.2) is 29.2 Å². The molecule has 0 saturated carbocycles. The van der Waals surface area contributed by atoms with Crippen LogP contribution in [-0.2, 0) is 10.0 Å². The number of nitrogen functional groups attached to an aromatic ring is 1. The lowest BCUT2D eigenvalue weighted by molar-refractivity contribution is 0.516. The first kappa shape index (κ1) is 15.4. The van der Waals surface area contributed by atoms with E-state index >= 15 is 0 Å². The predicted octanol–water partition coefficient (Wildman–Crippen LogP) is 2.46. The molecule has 0 atom stereocenters. The summed E-state index contributed by atoms with van der Waals surface area (Å²) >= 11 is 0. The smallest absolute Gasteiger partial charge is 0.264 e. The molecule has 7 heteroatoms. The summed E-state index contributed by atoms with van der Waals surface area (Å²) < 4.78 is 29.3. The van der Waals surface area contributed by atoms with Crippen LogP contribution < -0.4 is 10.5 Å². The monoisotopic (exact) mass is 308 g/mol. The van der Waals surface area contributed by atoms with Gasteiger partial charge in [0.1, 0.15) is 4.90 Å². The van der Waals surface area contributed by atoms with Crippen molar-refractivity contribution in [1.82, 2.24) is 9.78 Å². The van der Waals surface area contributed by atoms with Gasteiger partial charge in [0.05, 0.1) is 22.8 Å². The van der Waals surface area contributed by atoms with E-state index in [1.807, 2.05) is 20.8 Å². The van der Waals surface area contributed by atoms with E-state index in [1.165, 1.54) is 6.07 Å². The average Bonchev–Trinajstić information content (AvgIpc) is 2.67. The fourth-order valence-electron chi connectivity index (χ4n) is 2.23. The van der Waals surface area contributed by atoms with Gasteiger partial charge in [-0.15, -0.1) is 0 Å². The average molecular weight is 308 g/mol. The molecule has 114 valence electrons. The maximum absolute atomic E-state index is 12.5. The van der Waals surface area contributed by atoms with Crippen molar-refractivity contribution in [3.8, 4) is 0 Å². The summed E-state index contributed by atoms with van der Waals surface area (Å²) in [5, 5.41) is 4.37. The summed E-state index contributed by atoms with van der Waals surface area (Å²) in [7, 11) is -3.73. The standard InChI is InChI=1S/C14H20N4O2S/c1-9(2)18-11(4)14(10(3)16-18)17-21(19,20)13-8-6-5-7-12(13)15/h5-9,17H,15H2,1-4H3. The molecule has 0 radical (unpaired) electrons. The quantitative estimate of drug-likeness (QED) is 0.849. The second kappa shape index (κ2) is 5.40. The van der Waals surface area contributed by atoms with Crippen molar-refractivity contribution in [2.45, 2.75) is 38.6 Å². The van der Waals surface area contributed by atoms with Crippen LogP contribution in [0.2, 0.25) is 0 Å². The van der Waals surface area contributed by atoms with Gasteiger partial charge in [-0.05, 0) is 39.8 Å². The van der Waals surface area contributed by atoms with E-state index in [1.54, 1.807) is 29.8 Å². The number of nitrogens with two attached hydrogens (primary N) is 1. The van der Waals surface area contributed by atoms with Crippen molar-refractivity contribution in [2.24, 2.45) is 0 Å². The molecule has 1 heterocycles. The van der Waals surface area contributed by atoms with E-state index in [0.717, 1.165) is 5.69 Å². The number of nitrogens with one attached hydrogen (secondary N) is 1. The van der Waals surface area contributed by atoms with Crippen LogP contribution in [-0.4, -0.2) is 18.2 Å². The van der Waals surface area contributed by atoms with Gasteiger partial charge in [0, 0.05) is 6.04 Å². The van der Waals surface area contributed by atoms with Crippen LogP contribution >= 0.6 is 0 Å². The van der Waals surface area contributed by atoms with Crippen molar-refractivity contribution >= 4 is 21.4 Å².